The van der Waals surface area contributed by atoms with E-state index in [1.54, 1.807) is 6.07 Å². The zero-order valence-corrected chi connectivity index (χ0v) is 8.77. The molecule has 2 rings (SSSR count). The molecule has 1 fully saturated rings. The largest absolute Gasteiger partial charge is 0.386 e. The van der Waals surface area contributed by atoms with E-state index in [9.17, 15) is 5.11 Å². The average Bonchev–Trinajstić information content (AvgIpc) is 2.25. The molecule has 15 heavy (non-hydrogen) atoms. The first-order valence-electron chi connectivity index (χ1n) is 5.15. The van der Waals surface area contributed by atoms with E-state index in [0.29, 0.717) is 18.7 Å². The van der Waals surface area contributed by atoms with Gasteiger partial charge in [-0.1, -0.05) is 19.1 Å². The summed E-state index contributed by atoms with van der Waals surface area (Å²) < 4.78 is 0. The summed E-state index contributed by atoms with van der Waals surface area (Å²) in [4.78, 5) is 2.04. The van der Waals surface area contributed by atoms with Crippen LogP contribution in [0, 0.1) is 11.3 Å². The summed E-state index contributed by atoms with van der Waals surface area (Å²) >= 11 is 0. The molecule has 1 aliphatic heterocycles. The molecule has 0 spiro atoms. The van der Waals surface area contributed by atoms with Crippen LogP contribution in [0.3, 0.4) is 0 Å². The molecule has 78 valence electrons. The highest BCUT2D eigenvalue weighted by Crippen LogP contribution is 2.31. The molecule has 1 heterocycles. The number of benzene rings is 1. The maximum Gasteiger partial charge on any atom is 0.101 e. The summed E-state index contributed by atoms with van der Waals surface area (Å²) in [5.41, 5.74) is 1.05. The lowest BCUT2D eigenvalue weighted by molar-refractivity contribution is 0.00851. The summed E-state index contributed by atoms with van der Waals surface area (Å²) in [6.07, 6.45) is 0.762. The molecule has 1 saturated heterocycles. The predicted molar refractivity (Wildman–Crippen MR) is 58.6 cm³/mol. The average molecular weight is 202 g/mol. The second kappa shape index (κ2) is 3.56. The third kappa shape index (κ3) is 1.69. The minimum Gasteiger partial charge on any atom is -0.386 e. The Morgan fingerprint density at radius 3 is 2.73 bits per heavy atom. The second-order valence-corrected chi connectivity index (χ2v) is 4.06. The van der Waals surface area contributed by atoms with Crippen LogP contribution in [-0.4, -0.2) is 23.8 Å². The van der Waals surface area contributed by atoms with Crippen LogP contribution >= 0.6 is 0 Å². The number of aliphatic hydroxyl groups is 1. The van der Waals surface area contributed by atoms with E-state index >= 15 is 0 Å². The molecule has 1 aliphatic rings. The Balaban J connectivity index is 2.17. The molecule has 0 saturated carbocycles. The molecular formula is C12H14N2O. The maximum atomic E-state index is 9.89. The van der Waals surface area contributed by atoms with Gasteiger partial charge >= 0.3 is 0 Å². The number of nitrogens with zero attached hydrogens (tertiary/aromatic N) is 2. The van der Waals surface area contributed by atoms with Crippen molar-refractivity contribution in [3.8, 4) is 6.07 Å². The van der Waals surface area contributed by atoms with E-state index < -0.39 is 5.60 Å². The number of para-hydroxylation sites is 1. The first kappa shape index (κ1) is 10.0. The molecule has 0 radical (unpaired) electrons. The van der Waals surface area contributed by atoms with E-state index in [1.165, 1.54) is 0 Å². The molecular weight excluding hydrogens is 188 g/mol. The van der Waals surface area contributed by atoms with Crippen molar-refractivity contribution in [1.82, 2.24) is 0 Å². The molecule has 0 aliphatic carbocycles. The Morgan fingerprint density at radius 1 is 1.47 bits per heavy atom. The zero-order chi connectivity index (χ0) is 10.9. The third-order valence-corrected chi connectivity index (χ3v) is 2.99. The van der Waals surface area contributed by atoms with Gasteiger partial charge in [0.15, 0.2) is 0 Å². The molecule has 1 aromatic rings. The van der Waals surface area contributed by atoms with Crippen molar-refractivity contribution in [1.29, 1.82) is 5.26 Å². The standard InChI is InChI=1S/C12H14N2O/c1-2-12(15)8-14(9-12)11-6-4-3-5-10(11)7-13/h3-6,15H,2,8-9H2,1H3. The number of β-amino-alcohol motifs (C(OH)–C–C–N with tert-alkyl or cyclic N) is 1. The molecule has 0 atom stereocenters. The van der Waals surface area contributed by atoms with E-state index in [-0.39, 0.29) is 0 Å². The molecule has 1 N–H and O–H groups in total. The van der Waals surface area contributed by atoms with Gasteiger partial charge in [-0.25, -0.2) is 0 Å². The van der Waals surface area contributed by atoms with E-state index in [1.807, 2.05) is 30.0 Å². The van der Waals surface area contributed by atoms with Gasteiger partial charge in [0.1, 0.15) is 6.07 Å². The minimum atomic E-state index is -0.553. The normalized spacial score (nSPS) is 18.1. The Labute approximate surface area is 89.6 Å². The highest BCUT2D eigenvalue weighted by Gasteiger charge is 2.40. The lowest BCUT2D eigenvalue weighted by atomic mass is 9.90. The van der Waals surface area contributed by atoms with Crippen LogP contribution in [-0.2, 0) is 0 Å². The van der Waals surface area contributed by atoms with Crippen molar-refractivity contribution in [3.63, 3.8) is 0 Å². The van der Waals surface area contributed by atoms with Crippen molar-refractivity contribution in [2.45, 2.75) is 18.9 Å². The van der Waals surface area contributed by atoms with Crippen molar-refractivity contribution >= 4 is 5.69 Å². The summed E-state index contributed by atoms with van der Waals surface area (Å²) in [7, 11) is 0. The fourth-order valence-electron chi connectivity index (χ4n) is 1.90. The fourth-order valence-corrected chi connectivity index (χ4v) is 1.90. The number of hydrogen-bond donors (Lipinski definition) is 1. The monoisotopic (exact) mass is 202 g/mol. The number of anilines is 1. The molecule has 3 nitrogen and oxygen atoms in total. The molecule has 0 aromatic heterocycles. The van der Waals surface area contributed by atoms with E-state index in [4.69, 9.17) is 5.26 Å². The summed E-state index contributed by atoms with van der Waals surface area (Å²) in [5.74, 6) is 0. The van der Waals surface area contributed by atoms with Crippen LogP contribution in [0.1, 0.15) is 18.9 Å². The Kier molecular flexibility index (Phi) is 2.37. The van der Waals surface area contributed by atoms with Crippen LogP contribution in [0.25, 0.3) is 0 Å². The fraction of sp³-hybridized carbons (Fsp3) is 0.417. The quantitative estimate of drug-likeness (QED) is 0.791. The lowest BCUT2D eigenvalue weighted by Crippen LogP contribution is -2.61. The highest BCUT2D eigenvalue weighted by atomic mass is 16.3. The lowest BCUT2D eigenvalue weighted by Gasteiger charge is -2.47. The van der Waals surface area contributed by atoms with Gasteiger partial charge in [-0.15, -0.1) is 0 Å². The first-order valence-corrected chi connectivity index (χ1v) is 5.15. The minimum absolute atomic E-state index is 0.553. The van der Waals surface area contributed by atoms with E-state index in [2.05, 4.69) is 6.07 Å². The third-order valence-electron chi connectivity index (χ3n) is 2.99. The van der Waals surface area contributed by atoms with Gasteiger partial charge in [-0.3, -0.25) is 0 Å². The zero-order valence-electron chi connectivity index (χ0n) is 8.77. The SMILES string of the molecule is CCC1(O)CN(c2ccccc2C#N)C1. The Morgan fingerprint density at radius 2 is 2.13 bits per heavy atom. The first-order chi connectivity index (χ1) is 7.18. The Bertz CT molecular complexity index is 402. The number of rotatable bonds is 2. The van der Waals surface area contributed by atoms with Crippen LogP contribution < -0.4 is 4.90 Å². The van der Waals surface area contributed by atoms with Gasteiger partial charge in [0.05, 0.1) is 16.9 Å². The van der Waals surface area contributed by atoms with Crippen LogP contribution in [0.2, 0.25) is 0 Å². The van der Waals surface area contributed by atoms with Crippen molar-refractivity contribution in [2.75, 3.05) is 18.0 Å². The Hall–Kier alpha value is -1.53. The molecule has 0 bridgehead atoms. The highest BCUT2D eigenvalue weighted by molar-refractivity contribution is 5.61. The van der Waals surface area contributed by atoms with Gasteiger partial charge in [-0.05, 0) is 18.6 Å². The predicted octanol–water partition coefficient (Wildman–Crippen LogP) is 1.52. The van der Waals surface area contributed by atoms with Gasteiger partial charge in [0.2, 0.25) is 0 Å². The van der Waals surface area contributed by atoms with Crippen molar-refractivity contribution in [2.24, 2.45) is 0 Å². The second-order valence-electron chi connectivity index (χ2n) is 4.06. The molecule has 0 amide bonds. The summed E-state index contributed by atoms with van der Waals surface area (Å²) in [5, 5.41) is 18.8. The van der Waals surface area contributed by atoms with Crippen LogP contribution in [0.15, 0.2) is 24.3 Å². The molecule has 3 heteroatoms. The van der Waals surface area contributed by atoms with Crippen LogP contribution in [0.4, 0.5) is 5.69 Å². The van der Waals surface area contributed by atoms with Crippen molar-refractivity contribution < 1.29 is 5.11 Å². The van der Waals surface area contributed by atoms with Crippen molar-refractivity contribution in [3.05, 3.63) is 29.8 Å². The van der Waals surface area contributed by atoms with Crippen LogP contribution in [0.5, 0.6) is 0 Å². The molecule has 0 unspecified atom stereocenters. The summed E-state index contributed by atoms with van der Waals surface area (Å²) in [6, 6.07) is 9.67. The topological polar surface area (TPSA) is 47.3 Å². The van der Waals surface area contributed by atoms with Gasteiger partial charge in [0.25, 0.3) is 0 Å². The van der Waals surface area contributed by atoms with Gasteiger partial charge in [0, 0.05) is 13.1 Å². The number of nitriles is 1. The number of hydrogen-bond acceptors (Lipinski definition) is 3. The smallest absolute Gasteiger partial charge is 0.101 e. The molecule has 1 aromatic carbocycles. The maximum absolute atomic E-state index is 9.89. The van der Waals surface area contributed by atoms with E-state index in [0.717, 1.165) is 12.1 Å². The van der Waals surface area contributed by atoms with Gasteiger partial charge < -0.3 is 10.0 Å². The summed E-state index contributed by atoms with van der Waals surface area (Å²) in [6.45, 7) is 3.23. The van der Waals surface area contributed by atoms with Gasteiger partial charge in [-0.2, -0.15) is 5.26 Å².